The molecule has 0 aliphatic heterocycles. The lowest BCUT2D eigenvalue weighted by atomic mass is 10.4. The molecule has 7 heteroatoms. The van der Waals surface area contributed by atoms with Gasteiger partial charge in [-0.2, -0.15) is 0 Å². The third-order valence-corrected chi connectivity index (χ3v) is 4.69. The maximum absolute atomic E-state index is 12.0. The van der Waals surface area contributed by atoms with Crippen molar-refractivity contribution in [3.8, 4) is 0 Å². The molecule has 0 aliphatic carbocycles. The Kier molecular flexibility index (Phi) is 6.76. The van der Waals surface area contributed by atoms with Crippen molar-refractivity contribution in [2.45, 2.75) is 31.3 Å². The van der Waals surface area contributed by atoms with E-state index in [1.54, 1.807) is 12.1 Å². The topological polar surface area (TPSA) is 55.4 Å². The number of sulfonamides is 1. The monoisotopic (exact) mass is 369 g/mol. The highest BCUT2D eigenvalue weighted by molar-refractivity contribution is 9.10. The number of hydrogen-bond donors (Lipinski definition) is 1. The minimum atomic E-state index is -3.57. The number of halogens is 2. The first kappa shape index (κ1) is 16.9. The second-order valence-corrected chi connectivity index (χ2v) is 7.30. The lowest BCUT2D eigenvalue weighted by Crippen LogP contribution is -2.26. The van der Waals surface area contributed by atoms with Gasteiger partial charge in [0, 0.05) is 17.6 Å². The van der Waals surface area contributed by atoms with Crippen molar-refractivity contribution in [1.82, 2.24) is 4.72 Å². The molecule has 108 valence electrons. The van der Waals surface area contributed by atoms with Crippen molar-refractivity contribution in [3.63, 3.8) is 0 Å². The zero-order valence-corrected chi connectivity index (χ0v) is 14.0. The molecule has 1 aromatic carbocycles. The maximum atomic E-state index is 12.0. The first-order chi connectivity index (χ1) is 8.83. The first-order valence-electron chi connectivity index (χ1n) is 5.89. The van der Waals surface area contributed by atoms with Gasteiger partial charge in [-0.15, -0.1) is 0 Å². The van der Waals surface area contributed by atoms with E-state index in [4.69, 9.17) is 16.3 Å². The van der Waals surface area contributed by atoms with Crippen LogP contribution in [0.2, 0.25) is 5.02 Å². The SMILES string of the molecule is CC(C)OCCCNS(=O)(=O)c1ccc(Br)cc1Cl. The van der Waals surface area contributed by atoms with Crippen molar-refractivity contribution < 1.29 is 13.2 Å². The molecule has 0 unspecified atom stereocenters. The summed E-state index contributed by atoms with van der Waals surface area (Å²) >= 11 is 9.16. The molecule has 19 heavy (non-hydrogen) atoms. The quantitative estimate of drug-likeness (QED) is 0.750. The Labute approximate surface area is 127 Å². The number of nitrogens with one attached hydrogen (secondary N) is 1. The van der Waals surface area contributed by atoms with Gasteiger partial charge in [0.15, 0.2) is 0 Å². The van der Waals surface area contributed by atoms with Crippen molar-refractivity contribution in [1.29, 1.82) is 0 Å². The molecule has 1 N–H and O–H groups in total. The van der Waals surface area contributed by atoms with E-state index in [2.05, 4.69) is 20.7 Å². The van der Waals surface area contributed by atoms with E-state index in [1.165, 1.54) is 6.07 Å². The van der Waals surface area contributed by atoms with Gasteiger partial charge in [-0.3, -0.25) is 0 Å². The molecular weight excluding hydrogens is 354 g/mol. The van der Waals surface area contributed by atoms with Gasteiger partial charge in [0.05, 0.1) is 11.1 Å². The van der Waals surface area contributed by atoms with Gasteiger partial charge in [-0.1, -0.05) is 27.5 Å². The van der Waals surface area contributed by atoms with Crippen LogP contribution in [0.1, 0.15) is 20.3 Å². The average molecular weight is 371 g/mol. The zero-order valence-electron chi connectivity index (χ0n) is 10.8. The van der Waals surface area contributed by atoms with Crippen LogP contribution in [-0.2, 0) is 14.8 Å². The fourth-order valence-corrected chi connectivity index (χ4v) is 3.48. The minimum Gasteiger partial charge on any atom is -0.379 e. The number of hydrogen-bond acceptors (Lipinski definition) is 3. The van der Waals surface area contributed by atoms with Gasteiger partial charge >= 0.3 is 0 Å². The van der Waals surface area contributed by atoms with Gasteiger partial charge in [0.1, 0.15) is 4.90 Å². The first-order valence-corrected chi connectivity index (χ1v) is 8.54. The molecule has 0 spiro atoms. The third kappa shape index (κ3) is 5.79. The summed E-state index contributed by atoms with van der Waals surface area (Å²) in [5, 5.41) is 0.195. The van der Waals surface area contributed by atoms with Crippen LogP contribution in [0.5, 0.6) is 0 Å². The van der Waals surface area contributed by atoms with Gasteiger partial charge in [0.2, 0.25) is 10.0 Å². The molecule has 0 saturated heterocycles. The molecule has 1 rings (SSSR count). The molecule has 0 saturated carbocycles. The Hall–Kier alpha value is -0.140. The number of ether oxygens (including phenoxy) is 1. The Balaban J connectivity index is 2.56. The summed E-state index contributed by atoms with van der Waals surface area (Å²) in [4.78, 5) is 0.0853. The minimum absolute atomic E-state index is 0.0853. The van der Waals surface area contributed by atoms with E-state index >= 15 is 0 Å². The van der Waals surface area contributed by atoms with Gasteiger partial charge in [0.25, 0.3) is 0 Å². The number of benzene rings is 1. The molecule has 0 fully saturated rings. The molecule has 4 nitrogen and oxygen atoms in total. The predicted molar refractivity (Wildman–Crippen MR) is 80.0 cm³/mol. The molecule has 0 radical (unpaired) electrons. The van der Waals surface area contributed by atoms with Crippen molar-refractivity contribution >= 4 is 37.6 Å². The van der Waals surface area contributed by atoms with Crippen LogP contribution in [0.15, 0.2) is 27.6 Å². The molecule has 0 aliphatic rings. The van der Waals surface area contributed by atoms with Gasteiger partial charge in [-0.05, 0) is 38.5 Å². The maximum Gasteiger partial charge on any atom is 0.242 e. The highest BCUT2D eigenvalue weighted by atomic mass is 79.9. The van der Waals surface area contributed by atoms with E-state index in [1.807, 2.05) is 13.8 Å². The standard InChI is InChI=1S/C12H17BrClNO3S/c1-9(2)18-7-3-6-15-19(16,17)12-5-4-10(13)8-11(12)14/h4-5,8-9,15H,3,6-7H2,1-2H3. The fraction of sp³-hybridized carbons (Fsp3) is 0.500. The molecule has 0 atom stereocenters. The molecule has 0 bridgehead atoms. The fourth-order valence-electron chi connectivity index (χ4n) is 1.37. The van der Waals surface area contributed by atoms with Crippen LogP contribution >= 0.6 is 27.5 Å². The normalized spacial score (nSPS) is 12.1. The second kappa shape index (κ2) is 7.59. The van der Waals surface area contributed by atoms with Crippen LogP contribution in [0, 0.1) is 0 Å². The van der Waals surface area contributed by atoms with Crippen molar-refractivity contribution in [2.24, 2.45) is 0 Å². The second-order valence-electron chi connectivity index (χ2n) is 4.25. The summed E-state index contributed by atoms with van der Waals surface area (Å²) in [5.74, 6) is 0. The van der Waals surface area contributed by atoms with E-state index in [0.717, 1.165) is 4.47 Å². The largest absolute Gasteiger partial charge is 0.379 e. The van der Waals surface area contributed by atoms with E-state index < -0.39 is 10.0 Å². The molecule has 0 aromatic heterocycles. The average Bonchev–Trinajstić information content (AvgIpc) is 2.27. The summed E-state index contributed by atoms with van der Waals surface area (Å²) in [6.45, 7) is 4.72. The van der Waals surface area contributed by atoms with Gasteiger partial charge in [-0.25, -0.2) is 13.1 Å². The summed E-state index contributed by atoms with van der Waals surface area (Å²) < 4.78 is 32.6. The van der Waals surface area contributed by atoms with E-state index in [0.29, 0.717) is 19.6 Å². The zero-order chi connectivity index (χ0) is 14.5. The Morgan fingerprint density at radius 2 is 2.11 bits per heavy atom. The van der Waals surface area contributed by atoms with Crippen LogP contribution in [0.4, 0.5) is 0 Å². The Morgan fingerprint density at radius 3 is 2.68 bits per heavy atom. The van der Waals surface area contributed by atoms with Crippen molar-refractivity contribution in [2.75, 3.05) is 13.2 Å². The van der Waals surface area contributed by atoms with Gasteiger partial charge < -0.3 is 4.74 Å². The summed E-state index contributed by atoms with van der Waals surface area (Å²) in [5.41, 5.74) is 0. The van der Waals surface area contributed by atoms with E-state index in [9.17, 15) is 8.42 Å². The summed E-state index contributed by atoms with van der Waals surface area (Å²) in [6, 6.07) is 4.67. The van der Waals surface area contributed by atoms with Crippen LogP contribution in [0.3, 0.4) is 0 Å². The Morgan fingerprint density at radius 1 is 1.42 bits per heavy atom. The predicted octanol–water partition coefficient (Wildman–Crippen LogP) is 3.20. The highest BCUT2D eigenvalue weighted by Gasteiger charge is 2.17. The Bertz CT molecular complexity index is 520. The number of rotatable bonds is 7. The molecule has 0 amide bonds. The third-order valence-electron chi connectivity index (χ3n) is 2.25. The highest BCUT2D eigenvalue weighted by Crippen LogP contribution is 2.24. The summed E-state index contributed by atoms with van der Waals surface area (Å²) in [6.07, 6.45) is 0.767. The van der Waals surface area contributed by atoms with Crippen LogP contribution < -0.4 is 4.72 Å². The van der Waals surface area contributed by atoms with E-state index in [-0.39, 0.29) is 16.0 Å². The lowest BCUT2D eigenvalue weighted by Gasteiger charge is -2.10. The van der Waals surface area contributed by atoms with Crippen LogP contribution in [-0.4, -0.2) is 27.7 Å². The summed E-state index contributed by atoms with van der Waals surface area (Å²) in [7, 11) is -3.57. The van der Waals surface area contributed by atoms with Crippen molar-refractivity contribution in [3.05, 3.63) is 27.7 Å². The molecule has 0 heterocycles. The smallest absolute Gasteiger partial charge is 0.242 e. The van der Waals surface area contributed by atoms with Crippen LogP contribution in [0.25, 0.3) is 0 Å². The molecular formula is C12H17BrClNO3S. The lowest BCUT2D eigenvalue weighted by molar-refractivity contribution is 0.0778. The molecule has 1 aromatic rings.